The van der Waals surface area contributed by atoms with E-state index in [-0.39, 0.29) is 11.8 Å². The molecule has 0 aromatic heterocycles. The molecule has 0 aromatic carbocycles. The minimum Gasteiger partial charge on any atom is -0.389 e. The molecule has 4 aliphatic carbocycles. The van der Waals surface area contributed by atoms with Crippen molar-refractivity contribution in [1.29, 1.82) is 0 Å². The maximum absolute atomic E-state index is 13.0. The molecular weight excluding hydrogens is 260 g/mol. The summed E-state index contributed by atoms with van der Waals surface area (Å²) in [5.74, 6) is 2.62. The summed E-state index contributed by atoms with van der Waals surface area (Å²) in [4.78, 5) is 13.0. The fourth-order valence-electron chi connectivity index (χ4n) is 5.70. The Morgan fingerprint density at radius 2 is 1.48 bits per heavy atom. The molecule has 0 aliphatic heterocycles. The van der Waals surface area contributed by atoms with Crippen LogP contribution in [0.1, 0.15) is 57.8 Å². The average Bonchev–Trinajstić information content (AvgIpc) is 2.37. The van der Waals surface area contributed by atoms with Crippen LogP contribution in [0.4, 0.5) is 0 Å². The first kappa shape index (κ1) is 15.0. The SMILES string of the molecule is C=CCC(O)(CC=C)CC(=O)C12CC3CC(CC(C3)C1)C2. The highest BCUT2D eigenvalue weighted by Gasteiger charge is 2.54. The molecule has 0 atom stereocenters. The number of hydrogen-bond donors (Lipinski definition) is 1. The largest absolute Gasteiger partial charge is 0.389 e. The highest BCUT2D eigenvalue weighted by Crippen LogP contribution is 2.60. The van der Waals surface area contributed by atoms with Crippen LogP contribution in [-0.4, -0.2) is 16.5 Å². The Morgan fingerprint density at radius 1 is 1.05 bits per heavy atom. The van der Waals surface area contributed by atoms with E-state index in [0.29, 0.717) is 18.6 Å². The molecule has 0 saturated heterocycles. The molecule has 4 fully saturated rings. The lowest BCUT2D eigenvalue weighted by atomic mass is 9.48. The summed E-state index contributed by atoms with van der Waals surface area (Å²) in [6.45, 7) is 7.44. The maximum atomic E-state index is 13.0. The Bertz CT molecular complexity index is 403. The molecule has 0 amide bonds. The first-order valence-corrected chi connectivity index (χ1v) is 8.46. The lowest BCUT2D eigenvalue weighted by molar-refractivity contribution is -0.148. The maximum Gasteiger partial charge on any atom is 0.141 e. The molecule has 0 spiro atoms. The predicted molar refractivity (Wildman–Crippen MR) is 84.8 cm³/mol. The number of aliphatic hydroxyl groups is 1. The van der Waals surface area contributed by atoms with E-state index in [1.54, 1.807) is 12.2 Å². The number of carbonyl (C=O) groups excluding carboxylic acids is 1. The fraction of sp³-hybridized carbons (Fsp3) is 0.737. The van der Waals surface area contributed by atoms with E-state index < -0.39 is 5.60 Å². The molecule has 2 heteroatoms. The van der Waals surface area contributed by atoms with E-state index in [1.165, 1.54) is 19.3 Å². The van der Waals surface area contributed by atoms with Crippen LogP contribution in [0.2, 0.25) is 0 Å². The zero-order valence-corrected chi connectivity index (χ0v) is 13.0. The van der Waals surface area contributed by atoms with Gasteiger partial charge in [0, 0.05) is 11.8 Å². The Morgan fingerprint density at radius 3 is 1.86 bits per heavy atom. The predicted octanol–water partition coefficient (Wildman–Crippen LogP) is 4.05. The van der Waals surface area contributed by atoms with Gasteiger partial charge in [0.15, 0.2) is 0 Å². The van der Waals surface area contributed by atoms with Gasteiger partial charge in [-0.3, -0.25) is 4.79 Å². The number of carbonyl (C=O) groups is 1. The number of hydrogen-bond acceptors (Lipinski definition) is 2. The van der Waals surface area contributed by atoms with Crippen molar-refractivity contribution < 1.29 is 9.90 Å². The molecule has 4 aliphatic rings. The number of Topliss-reactive ketones (excluding diaryl/α,β-unsaturated/α-hetero) is 1. The van der Waals surface area contributed by atoms with Gasteiger partial charge in [0.05, 0.1) is 5.60 Å². The first-order valence-electron chi connectivity index (χ1n) is 8.46. The molecule has 21 heavy (non-hydrogen) atoms. The second-order valence-corrected chi connectivity index (χ2v) is 8.01. The Labute approximate surface area is 128 Å². The van der Waals surface area contributed by atoms with E-state index in [4.69, 9.17) is 0 Å². The third-order valence-corrected chi connectivity index (χ3v) is 6.17. The lowest BCUT2D eigenvalue weighted by Crippen LogP contribution is -2.51. The quantitative estimate of drug-likeness (QED) is 0.718. The zero-order chi connectivity index (χ0) is 15.1. The molecule has 4 bridgehead atoms. The van der Waals surface area contributed by atoms with Crippen molar-refractivity contribution in [2.75, 3.05) is 0 Å². The van der Waals surface area contributed by atoms with Crippen LogP contribution in [0.25, 0.3) is 0 Å². The van der Waals surface area contributed by atoms with E-state index in [1.807, 2.05) is 0 Å². The Kier molecular flexibility index (Phi) is 3.85. The molecule has 0 unspecified atom stereocenters. The third-order valence-electron chi connectivity index (χ3n) is 6.17. The van der Waals surface area contributed by atoms with Gasteiger partial charge < -0.3 is 5.11 Å². The van der Waals surface area contributed by atoms with E-state index in [0.717, 1.165) is 37.0 Å². The minimum absolute atomic E-state index is 0.106. The highest BCUT2D eigenvalue weighted by atomic mass is 16.3. The topological polar surface area (TPSA) is 37.3 Å². The van der Waals surface area contributed by atoms with Gasteiger partial charge in [0.25, 0.3) is 0 Å². The van der Waals surface area contributed by atoms with Gasteiger partial charge in [-0.15, -0.1) is 13.2 Å². The lowest BCUT2D eigenvalue weighted by Gasteiger charge is -2.56. The summed E-state index contributed by atoms with van der Waals surface area (Å²) in [7, 11) is 0. The average molecular weight is 288 g/mol. The third kappa shape index (κ3) is 2.75. The van der Waals surface area contributed by atoms with Gasteiger partial charge >= 0.3 is 0 Å². The van der Waals surface area contributed by atoms with Crippen LogP contribution in [0.15, 0.2) is 25.3 Å². The minimum atomic E-state index is -0.968. The summed E-state index contributed by atoms with van der Waals surface area (Å²) in [5, 5.41) is 10.7. The molecule has 2 nitrogen and oxygen atoms in total. The molecular formula is C19H28O2. The van der Waals surface area contributed by atoms with Gasteiger partial charge in [0.2, 0.25) is 0 Å². The van der Waals surface area contributed by atoms with Gasteiger partial charge in [-0.1, -0.05) is 12.2 Å². The van der Waals surface area contributed by atoms with Gasteiger partial charge in [-0.05, 0) is 69.1 Å². The summed E-state index contributed by atoms with van der Waals surface area (Å²) in [6.07, 6.45) is 11.9. The zero-order valence-electron chi connectivity index (χ0n) is 13.0. The van der Waals surface area contributed by atoms with Crippen LogP contribution < -0.4 is 0 Å². The van der Waals surface area contributed by atoms with Gasteiger partial charge in [-0.25, -0.2) is 0 Å². The Balaban J connectivity index is 1.75. The van der Waals surface area contributed by atoms with E-state index >= 15 is 0 Å². The summed E-state index contributed by atoms with van der Waals surface area (Å²) < 4.78 is 0. The molecule has 0 heterocycles. The van der Waals surface area contributed by atoms with Crippen molar-refractivity contribution >= 4 is 5.78 Å². The van der Waals surface area contributed by atoms with E-state index in [2.05, 4.69) is 13.2 Å². The van der Waals surface area contributed by atoms with Crippen molar-refractivity contribution in [1.82, 2.24) is 0 Å². The van der Waals surface area contributed by atoms with Crippen LogP contribution in [0.3, 0.4) is 0 Å². The van der Waals surface area contributed by atoms with Crippen LogP contribution in [0.5, 0.6) is 0 Å². The molecule has 0 aromatic rings. The second kappa shape index (κ2) is 5.39. The summed E-state index contributed by atoms with van der Waals surface area (Å²) in [6, 6.07) is 0. The first-order chi connectivity index (χ1) is 9.98. The normalized spacial score (nSPS) is 37.5. The molecule has 116 valence electrons. The molecule has 1 N–H and O–H groups in total. The molecule has 4 rings (SSSR count). The van der Waals surface area contributed by atoms with Crippen molar-refractivity contribution in [3.05, 3.63) is 25.3 Å². The monoisotopic (exact) mass is 288 g/mol. The smallest absolute Gasteiger partial charge is 0.141 e. The van der Waals surface area contributed by atoms with Crippen LogP contribution in [-0.2, 0) is 4.79 Å². The second-order valence-electron chi connectivity index (χ2n) is 8.01. The van der Waals surface area contributed by atoms with Crippen LogP contribution in [0, 0.1) is 23.2 Å². The number of ketones is 1. The number of rotatable bonds is 7. The van der Waals surface area contributed by atoms with Crippen LogP contribution >= 0.6 is 0 Å². The van der Waals surface area contributed by atoms with E-state index in [9.17, 15) is 9.90 Å². The highest BCUT2D eigenvalue weighted by molar-refractivity contribution is 5.86. The molecule has 4 saturated carbocycles. The van der Waals surface area contributed by atoms with Crippen molar-refractivity contribution in [2.45, 2.75) is 63.4 Å². The standard InChI is InChI=1S/C19H28O2/c1-3-5-19(21,6-4-2)13-17(20)18-10-14-7-15(11-18)9-16(8-14)12-18/h3-4,14-16,21H,1-2,5-13H2. The molecule has 0 radical (unpaired) electrons. The van der Waals surface area contributed by atoms with Gasteiger partial charge in [-0.2, -0.15) is 0 Å². The Hall–Kier alpha value is -0.890. The summed E-state index contributed by atoms with van der Waals surface area (Å²) in [5.41, 5.74) is -1.07. The van der Waals surface area contributed by atoms with Gasteiger partial charge in [0.1, 0.15) is 5.78 Å². The van der Waals surface area contributed by atoms with Crippen molar-refractivity contribution in [3.8, 4) is 0 Å². The van der Waals surface area contributed by atoms with Crippen molar-refractivity contribution in [3.63, 3.8) is 0 Å². The summed E-state index contributed by atoms with van der Waals surface area (Å²) >= 11 is 0. The van der Waals surface area contributed by atoms with Crippen molar-refractivity contribution in [2.24, 2.45) is 23.2 Å². The fourth-order valence-corrected chi connectivity index (χ4v) is 5.70.